The molecule has 1 atom stereocenters. The lowest BCUT2D eigenvalue weighted by Crippen LogP contribution is -2.15. The highest BCUT2D eigenvalue weighted by Crippen LogP contribution is 2.25. The smallest absolute Gasteiger partial charge is 0.336 e. The maximum absolute atomic E-state index is 11.6. The van der Waals surface area contributed by atoms with Crippen LogP contribution in [0, 0.1) is 6.92 Å². The molecule has 0 saturated heterocycles. The number of thioether (sulfide) groups is 1. The average Bonchev–Trinajstić information content (AvgIpc) is 2.38. The Bertz CT molecular complexity index is 690. The summed E-state index contributed by atoms with van der Waals surface area (Å²) in [5.74, 6) is -0.337. The summed E-state index contributed by atoms with van der Waals surface area (Å²) in [5, 5.41) is 9.46. The lowest BCUT2D eigenvalue weighted by Gasteiger charge is -2.10. The number of hydrogen-bond donors (Lipinski definition) is 1. The van der Waals surface area contributed by atoms with Crippen LogP contribution in [0.1, 0.15) is 24.5 Å². The van der Waals surface area contributed by atoms with Gasteiger partial charge in [0.2, 0.25) is 0 Å². The second kappa shape index (κ2) is 6.13. The van der Waals surface area contributed by atoms with Crippen molar-refractivity contribution in [1.82, 2.24) is 0 Å². The Morgan fingerprint density at radius 3 is 2.80 bits per heavy atom. The molecule has 0 bridgehead atoms. The van der Waals surface area contributed by atoms with Crippen LogP contribution in [-0.2, 0) is 10.5 Å². The zero-order chi connectivity index (χ0) is 14.7. The number of carbonyl (C=O) groups is 1. The van der Waals surface area contributed by atoms with Crippen LogP contribution in [0.2, 0.25) is 0 Å². The third-order valence-electron chi connectivity index (χ3n) is 3.07. The minimum Gasteiger partial charge on any atom is -0.480 e. The maximum atomic E-state index is 11.6. The quantitative estimate of drug-likeness (QED) is 0.857. The SMILES string of the molecule is CCC(SCc1cc(=O)oc2cc(C)ccc12)C(=O)O. The van der Waals surface area contributed by atoms with Crippen molar-refractivity contribution in [3.8, 4) is 0 Å². The molecular formula is C15H16O4S. The minimum atomic E-state index is -0.819. The zero-order valence-electron chi connectivity index (χ0n) is 11.4. The van der Waals surface area contributed by atoms with E-state index >= 15 is 0 Å². The van der Waals surface area contributed by atoms with E-state index in [1.165, 1.54) is 17.8 Å². The van der Waals surface area contributed by atoms with E-state index in [1.54, 1.807) is 0 Å². The van der Waals surface area contributed by atoms with Crippen LogP contribution in [0.4, 0.5) is 0 Å². The molecular weight excluding hydrogens is 276 g/mol. The molecule has 1 N–H and O–H groups in total. The summed E-state index contributed by atoms with van der Waals surface area (Å²) in [7, 11) is 0. The lowest BCUT2D eigenvalue weighted by molar-refractivity contribution is -0.136. The van der Waals surface area contributed by atoms with Gasteiger partial charge in [-0.05, 0) is 30.5 Å². The first-order chi connectivity index (χ1) is 9.51. The van der Waals surface area contributed by atoms with Gasteiger partial charge in [0, 0.05) is 17.2 Å². The molecule has 1 unspecified atom stereocenters. The summed E-state index contributed by atoms with van der Waals surface area (Å²) in [6, 6.07) is 7.12. The van der Waals surface area contributed by atoms with E-state index in [0.29, 0.717) is 17.8 Å². The highest BCUT2D eigenvalue weighted by Gasteiger charge is 2.16. The van der Waals surface area contributed by atoms with E-state index in [1.807, 2.05) is 32.0 Å². The topological polar surface area (TPSA) is 67.5 Å². The van der Waals surface area contributed by atoms with Gasteiger partial charge in [0.15, 0.2) is 0 Å². The van der Waals surface area contributed by atoms with Gasteiger partial charge in [0.1, 0.15) is 10.8 Å². The maximum Gasteiger partial charge on any atom is 0.336 e. The summed E-state index contributed by atoms with van der Waals surface area (Å²) in [4.78, 5) is 22.6. The predicted molar refractivity (Wildman–Crippen MR) is 80.2 cm³/mol. The number of aryl methyl sites for hydroxylation is 1. The van der Waals surface area contributed by atoms with Gasteiger partial charge in [0.25, 0.3) is 0 Å². The summed E-state index contributed by atoms with van der Waals surface area (Å²) >= 11 is 1.33. The Morgan fingerprint density at radius 1 is 1.40 bits per heavy atom. The van der Waals surface area contributed by atoms with E-state index in [9.17, 15) is 9.59 Å². The van der Waals surface area contributed by atoms with Crippen LogP contribution in [0.5, 0.6) is 0 Å². The molecule has 2 rings (SSSR count). The Balaban J connectivity index is 2.34. The molecule has 1 aromatic carbocycles. The number of carboxylic acid groups (broad SMARTS) is 1. The Morgan fingerprint density at radius 2 is 2.15 bits per heavy atom. The van der Waals surface area contributed by atoms with Crippen molar-refractivity contribution in [1.29, 1.82) is 0 Å². The lowest BCUT2D eigenvalue weighted by atomic mass is 10.1. The van der Waals surface area contributed by atoms with E-state index in [-0.39, 0.29) is 0 Å². The van der Waals surface area contributed by atoms with Gasteiger partial charge in [-0.1, -0.05) is 19.1 Å². The van der Waals surface area contributed by atoms with Gasteiger partial charge in [-0.15, -0.1) is 11.8 Å². The van der Waals surface area contributed by atoms with Crippen LogP contribution in [0.25, 0.3) is 11.0 Å². The number of hydrogen-bond acceptors (Lipinski definition) is 4. The molecule has 0 aliphatic rings. The van der Waals surface area contributed by atoms with Crippen molar-refractivity contribution in [2.75, 3.05) is 0 Å². The molecule has 0 fully saturated rings. The van der Waals surface area contributed by atoms with Crippen LogP contribution in [0.15, 0.2) is 33.5 Å². The number of fused-ring (bicyclic) bond motifs is 1. The number of benzene rings is 1. The van der Waals surface area contributed by atoms with Crippen LogP contribution < -0.4 is 5.63 Å². The van der Waals surface area contributed by atoms with Crippen molar-refractivity contribution in [3.05, 3.63) is 45.8 Å². The molecule has 0 saturated carbocycles. The first-order valence-electron chi connectivity index (χ1n) is 6.39. The molecule has 1 heterocycles. The van der Waals surface area contributed by atoms with Gasteiger partial charge < -0.3 is 9.52 Å². The molecule has 0 aliphatic heterocycles. The van der Waals surface area contributed by atoms with Gasteiger partial charge in [-0.2, -0.15) is 0 Å². The highest BCUT2D eigenvalue weighted by atomic mass is 32.2. The molecule has 2 aromatic rings. The zero-order valence-corrected chi connectivity index (χ0v) is 12.2. The summed E-state index contributed by atoms with van der Waals surface area (Å²) in [5.41, 5.74) is 1.99. The van der Waals surface area contributed by atoms with Crippen molar-refractivity contribution >= 4 is 28.7 Å². The average molecular weight is 292 g/mol. The third-order valence-corrected chi connectivity index (χ3v) is 4.49. The van der Waals surface area contributed by atoms with E-state index < -0.39 is 16.8 Å². The summed E-state index contributed by atoms with van der Waals surface area (Å²) in [6.45, 7) is 3.77. The van der Waals surface area contributed by atoms with E-state index in [0.717, 1.165) is 16.5 Å². The van der Waals surface area contributed by atoms with Crippen LogP contribution >= 0.6 is 11.8 Å². The molecule has 1 aromatic heterocycles. The molecule has 106 valence electrons. The first kappa shape index (κ1) is 14.7. The molecule has 0 aliphatic carbocycles. The summed E-state index contributed by atoms with van der Waals surface area (Å²) in [6.07, 6.45) is 0.554. The Labute approximate surface area is 120 Å². The van der Waals surface area contributed by atoms with Gasteiger partial charge in [-0.25, -0.2) is 4.79 Å². The van der Waals surface area contributed by atoms with Crippen LogP contribution in [0.3, 0.4) is 0 Å². The monoisotopic (exact) mass is 292 g/mol. The highest BCUT2D eigenvalue weighted by molar-refractivity contribution is 7.99. The Hall–Kier alpha value is -1.75. The second-order valence-corrected chi connectivity index (χ2v) is 5.83. The molecule has 5 heteroatoms. The standard InChI is InChI=1S/C15H16O4S/c1-3-13(15(17)18)20-8-10-7-14(16)19-12-6-9(2)4-5-11(10)12/h4-7,13H,3,8H2,1-2H3,(H,17,18). The van der Waals surface area contributed by atoms with Crippen molar-refractivity contribution < 1.29 is 14.3 Å². The normalized spacial score (nSPS) is 12.5. The minimum absolute atomic E-state index is 0.401. The van der Waals surface area contributed by atoms with Gasteiger partial charge in [0.05, 0.1) is 0 Å². The van der Waals surface area contributed by atoms with E-state index in [4.69, 9.17) is 9.52 Å². The number of rotatable bonds is 5. The first-order valence-corrected chi connectivity index (χ1v) is 7.44. The van der Waals surface area contributed by atoms with Crippen molar-refractivity contribution in [2.24, 2.45) is 0 Å². The fourth-order valence-electron chi connectivity index (χ4n) is 2.01. The second-order valence-electron chi connectivity index (χ2n) is 4.64. The van der Waals surface area contributed by atoms with Gasteiger partial charge >= 0.3 is 11.6 Å². The number of aliphatic carboxylic acids is 1. The molecule has 0 radical (unpaired) electrons. The van der Waals surface area contributed by atoms with Crippen LogP contribution in [-0.4, -0.2) is 16.3 Å². The van der Waals surface area contributed by atoms with Crippen molar-refractivity contribution in [3.63, 3.8) is 0 Å². The fraction of sp³-hybridized carbons (Fsp3) is 0.333. The summed E-state index contributed by atoms with van der Waals surface area (Å²) < 4.78 is 5.18. The molecule has 20 heavy (non-hydrogen) atoms. The largest absolute Gasteiger partial charge is 0.480 e. The fourth-order valence-corrected chi connectivity index (χ4v) is 3.01. The molecule has 4 nitrogen and oxygen atoms in total. The predicted octanol–water partition coefficient (Wildman–Crippen LogP) is 3.20. The third kappa shape index (κ3) is 3.22. The molecule has 0 spiro atoms. The van der Waals surface area contributed by atoms with E-state index in [2.05, 4.69) is 0 Å². The van der Waals surface area contributed by atoms with Crippen molar-refractivity contribution in [2.45, 2.75) is 31.3 Å². The molecule has 0 amide bonds. The Kier molecular flexibility index (Phi) is 4.49. The number of carboxylic acids is 1. The van der Waals surface area contributed by atoms with Gasteiger partial charge in [-0.3, -0.25) is 4.79 Å².